The molecule has 0 unspecified atom stereocenters. The van der Waals surface area contributed by atoms with Crippen LogP contribution in [0.25, 0.3) is 0 Å². The molecular weight excluding hydrogens is 348 g/mol. The molecular formula is C20H19ClN4O. The van der Waals surface area contributed by atoms with E-state index in [1.165, 1.54) is 5.56 Å². The van der Waals surface area contributed by atoms with Gasteiger partial charge in [0.05, 0.1) is 11.9 Å². The zero-order chi connectivity index (χ0) is 18.4. The summed E-state index contributed by atoms with van der Waals surface area (Å²) >= 11 is 5.92. The van der Waals surface area contributed by atoms with E-state index in [0.717, 1.165) is 18.8 Å². The van der Waals surface area contributed by atoms with Gasteiger partial charge in [0.15, 0.2) is 0 Å². The van der Waals surface area contributed by atoms with Gasteiger partial charge in [-0.15, -0.1) is 0 Å². The molecule has 6 heteroatoms. The molecule has 3 aromatic rings. The standard InChI is InChI=1S/C20H19ClN4O/c1-25(12-9-15-7-10-22-11-8-15)19-6-5-18(14-23-19)24-20(26)16-3-2-4-17(21)13-16/h2-8,10-11,13-14H,9,12H2,1H3,(H,24,26). The molecule has 0 saturated heterocycles. The van der Waals surface area contributed by atoms with E-state index in [0.29, 0.717) is 16.3 Å². The Hall–Kier alpha value is -2.92. The van der Waals surface area contributed by atoms with E-state index in [1.54, 1.807) is 42.9 Å². The van der Waals surface area contributed by atoms with E-state index in [4.69, 9.17) is 11.6 Å². The average molecular weight is 367 g/mol. The summed E-state index contributed by atoms with van der Waals surface area (Å²) in [5.41, 5.74) is 2.38. The van der Waals surface area contributed by atoms with Crippen molar-refractivity contribution in [2.24, 2.45) is 0 Å². The number of hydrogen-bond donors (Lipinski definition) is 1. The number of likely N-dealkylation sites (N-methyl/N-ethyl adjacent to an activating group) is 1. The van der Waals surface area contributed by atoms with Crippen LogP contribution < -0.4 is 10.2 Å². The molecule has 2 heterocycles. The molecule has 0 atom stereocenters. The van der Waals surface area contributed by atoms with Crippen LogP contribution >= 0.6 is 11.6 Å². The molecule has 0 radical (unpaired) electrons. The number of carbonyl (C=O) groups excluding carboxylic acids is 1. The van der Waals surface area contributed by atoms with E-state index in [9.17, 15) is 4.79 Å². The van der Waals surface area contributed by atoms with Gasteiger partial charge in [0.25, 0.3) is 5.91 Å². The Morgan fingerprint density at radius 2 is 1.96 bits per heavy atom. The third-order valence-electron chi connectivity index (χ3n) is 3.97. The third kappa shape index (κ3) is 4.80. The van der Waals surface area contributed by atoms with Crippen molar-refractivity contribution in [2.45, 2.75) is 6.42 Å². The lowest BCUT2D eigenvalue weighted by Gasteiger charge is -2.18. The Labute approximate surface area is 157 Å². The average Bonchev–Trinajstić information content (AvgIpc) is 2.67. The summed E-state index contributed by atoms with van der Waals surface area (Å²) in [7, 11) is 1.99. The van der Waals surface area contributed by atoms with E-state index in [1.807, 2.05) is 31.3 Å². The minimum atomic E-state index is -0.215. The van der Waals surface area contributed by atoms with Gasteiger partial charge >= 0.3 is 0 Å². The van der Waals surface area contributed by atoms with E-state index in [2.05, 4.69) is 20.2 Å². The monoisotopic (exact) mass is 366 g/mol. The molecule has 0 spiro atoms. The summed E-state index contributed by atoms with van der Waals surface area (Å²) in [6.45, 7) is 0.839. The molecule has 5 nitrogen and oxygen atoms in total. The fraction of sp³-hybridized carbons (Fsp3) is 0.150. The number of anilines is 2. The van der Waals surface area contributed by atoms with Gasteiger partial charge < -0.3 is 10.2 Å². The SMILES string of the molecule is CN(CCc1ccncc1)c1ccc(NC(=O)c2cccc(Cl)c2)cn1. The van der Waals surface area contributed by atoms with Crippen LogP contribution in [-0.2, 0) is 6.42 Å². The number of amides is 1. The predicted octanol–water partition coefficient (Wildman–Crippen LogP) is 4.06. The lowest BCUT2D eigenvalue weighted by molar-refractivity contribution is 0.102. The van der Waals surface area contributed by atoms with Crippen molar-refractivity contribution in [2.75, 3.05) is 23.8 Å². The summed E-state index contributed by atoms with van der Waals surface area (Å²) in [6, 6.07) is 14.6. The quantitative estimate of drug-likeness (QED) is 0.714. The fourth-order valence-electron chi connectivity index (χ4n) is 2.48. The van der Waals surface area contributed by atoms with Crippen LogP contribution in [0.1, 0.15) is 15.9 Å². The van der Waals surface area contributed by atoms with Crippen molar-refractivity contribution in [1.29, 1.82) is 0 Å². The summed E-state index contributed by atoms with van der Waals surface area (Å²) in [5, 5.41) is 3.35. The lowest BCUT2D eigenvalue weighted by atomic mass is 10.2. The van der Waals surface area contributed by atoms with Gasteiger partial charge in [-0.25, -0.2) is 4.98 Å². The van der Waals surface area contributed by atoms with Crippen LogP contribution in [0.5, 0.6) is 0 Å². The molecule has 0 saturated carbocycles. The van der Waals surface area contributed by atoms with Crippen LogP contribution in [0.2, 0.25) is 5.02 Å². The van der Waals surface area contributed by atoms with Gasteiger partial charge in [-0.05, 0) is 54.4 Å². The molecule has 0 fully saturated rings. The third-order valence-corrected chi connectivity index (χ3v) is 4.20. The van der Waals surface area contributed by atoms with Crippen molar-refractivity contribution in [1.82, 2.24) is 9.97 Å². The van der Waals surface area contributed by atoms with Crippen LogP contribution in [0.4, 0.5) is 11.5 Å². The Balaban J connectivity index is 1.58. The number of nitrogens with one attached hydrogen (secondary N) is 1. The van der Waals surface area contributed by atoms with Gasteiger partial charge in [-0.3, -0.25) is 9.78 Å². The smallest absolute Gasteiger partial charge is 0.255 e. The van der Waals surface area contributed by atoms with Gasteiger partial charge in [0, 0.05) is 36.6 Å². The maximum Gasteiger partial charge on any atom is 0.255 e. The predicted molar refractivity (Wildman–Crippen MR) is 105 cm³/mol. The summed E-state index contributed by atoms with van der Waals surface area (Å²) in [6.07, 6.45) is 6.16. The first kappa shape index (κ1) is 17.9. The van der Waals surface area contributed by atoms with Crippen molar-refractivity contribution < 1.29 is 4.79 Å². The molecule has 1 N–H and O–H groups in total. The highest BCUT2D eigenvalue weighted by Crippen LogP contribution is 2.16. The maximum absolute atomic E-state index is 12.2. The van der Waals surface area contributed by atoms with Crippen LogP contribution in [0, 0.1) is 0 Å². The van der Waals surface area contributed by atoms with Gasteiger partial charge in [0.1, 0.15) is 5.82 Å². The van der Waals surface area contributed by atoms with Gasteiger partial charge in [-0.2, -0.15) is 0 Å². The first-order valence-electron chi connectivity index (χ1n) is 8.25. The molecule has 0 aliphatic carbocycles. The van der Waals surface area contributed by atoms with Crippen molar-refractivity contribution in [3.63, 3.8) is 0 Å². The Morgan fingerprint density at radius 1 is 1.15 bits per heavy atom. The largest absolute Gasteiger partial charge is 0.359 e. The Kier molecular flexibility index (Phi) is 5.81. The second kappa shape index (κ2) is 8.45. The van der Waals surface area contributed by atoms with Crippen molar-refractivity contribution >= 4 is 29.0 Å². The fourth-order valence-corrected chi connectivity index (χ4v) is 2.67. The van der Waals surface area contributed by atoms with Gasteiger partial charge in [-0.1, -0.05) is 17.7 Å². The number of aromatic nitrogens is 2. The number of pyridine rings is 2. The van der Waals surface area contributed by atoms with E-state index < -0.39 is 0 Å². The first-order chi connectivity index (χ1) is 12.6. The van der Waals surface area contributed by atoms with E-state index >= 15 is 0 Å². The number of benzene rings is 1. The minimum absolute atomic E-state index is 0.215. The molecule has 132 valence electrons. The minimum Gasteiger partial charge on any atom is -0.359 e. The van der Waals surface area contributed by atoms with Crippen LogP contribution in [-0.4, -0.2) is 29.5 Å². The zero-order valence-electron chi connectivity index (χ0n) is 14.4. The number of nitrogens with zero attached hydrogens (tertiary/aromatic N) is 3. The molecule has 3 rings (SSSR count). The number of hydrogen-bond acceptors (Lipinski definition) is 4. The molecule has 2 aromatic heterocycles. The summed E-state index contributed by atoms with van der Waals surface area (Å²) < 4.78 is 0. The zero-order valence-corrected chi connectivity index (χ0v) is 15.1. The van der Waals surface area contributed by atoms with Crippen LogP contribution in [0.3, 0.4) is 0 Å². The van der Waals surface area contributed by atoms with Crippen molar-refractivity contribution in [3.05, 3.63) is 83.3 Å². The molecule has 1 amide bonds. The van der Waals surface area contributed by atoms with Crippen molar-refractivity contribution in [3.8, 4) is 0 Å². The summed E-state index contributed by atoms with van der Waals surface area (Å²) in [4.78, 5) is 22.8. The lowest BCUT2D eigenvalue weighted by Crippen LogP contribution is -2.21. The molecule has 1 aromatic carbocycles. The molecule has 0 bridgehead atoms. The number of rotatable bonds is 6. The second-order valence-electron chi connectivity index (χ2n) is 5.90. The second-order valence-corrected chi connectivity index (χ2v) is 6.33. The highest BCUT2D eigenvalue weighted by molar-refractivity contribution is 6.31. The highest BCUT2D eigenvalue weighted by atomic mass is 35.5. The highest BCUT2D eigenvalue weighted by Gasteiger charge is 2.08. The Bertz CT molecular complexity index is 868. The summed E-state index contributed by atoms with van der Waals surface area (Å²) in [5.74, 6) is 0.632. The van der Waals surface area contributed by atoms with Crippen LogP contribution in [0.15, 0.2) is 67.1 Å². The Morgan fingerprint density at radius 3 is 2.65 bits per heavy atom. The number of halogens is 1. The molecule has 26 heavy (non-hydrogen) atoms. The first-order valence-corrected chi connectivity index (χ1v) is 8.62. The normalized spacial score (nSPS) is 10.4. The molecule has 0 aliphatic rings. The van der Waals surface area contributed by atoms with E-state index in [-0.39, 0.29) is 5.91 Å². The topological polar surface area (TPSA) is 58.1 Å². The maximum atomic E-state index is 12.2. The number of carbonyl (C=O) groups is 1. The van der Waals surface area contributed by atoms with Gasteiger partial charge in [0.2, 0.25) is 0 Å². The molecule has 0 aliphatic heterocycles.